The van der Waals surface area contributed by atoms with Gasteiger partial charge in [-0.25, -0.2) is 0 Å². The van der Waals surface area contributed by atoms with E-state index in [1.54, 1.807) is 0 Å². The number of nitrogens with zero attached hydrogens (tertiary/aromatic N) is 3. The van der Waals surface area contributed by atoms with E-state index in [0.717, 1.165) is 18.8 Å². The molecule has 2 heterocycles. The molecule has 1 N–H and O–H groups in total. The Balaban J connectivity index is 1.83. The fraction of sp³-hybridized carbons (Fsp3) is 0.800. The highest BCUT2D eigenvalue weighted by Crippen LogP contribution is 2.31. The number of rotatable bonds is 5. The molecule has 16 heavy (non-hydrogen) atoms. The first-order valence-electron chi connectivity index (χ1n) is 5.45. The fourth-order valence-electron chi connectivity index (χ4n) is 1.93. The van der Waals surface area contributed by atoms with Crippen molar-refractivity contribution in [2.75, 3.05) is 32.1 Å². The minimum absolute atomic E-state index is 0.327. The minimum Gasteiger partial charge on any atom is -0.309 e. The lowest BCUT2D eigenvalue weighted by atomic mass is 9.97. The lowest BCUT2D eigenvalue weighted by Crippen LogP contribution is -2.51. The summed E-state index contributed by atoms with van der Waals surface area (Å²) < 4.78 is 3.86. The largest absolute Gasteiger partial charge is 0.309 e. The first-order valence-corrected chi connectivity index (χ1v) is 7.44. The van der Waals surface area contributed by atoms with Gasteiger partial charge in [0.15, 0.2) is 0 Å². The zero-order valence-electron chi connectivity index (χ0n) is 9.77. The van der Waals surface area contributed by atoms with Crippen LogP contribution < -0.4 is 5.32 Å². The second kappa shape index (κ2) is 5.44. The standard InChI is InChI=1S/C10H18N4S2/c1-14(2)10(3-4-15-8-10)7-11-5-9-6-16-13-12-9/h6,11H,3-5,7-8H2,1-2H3. The molecule has 1 aliphatic heterocycles. The Bertz CT molecular complexity index is 307. The summed E-state index contributed by atoms with van der Waals surface area (Å²) in [6.07, 6.45) is 1.27. The minimum atomic E-state index is 0.327. The van der Waals surface area contributed by atoms with Crippen molar-refractivity contribution in [2.24, 2.45) is 0 Å². The van der Waals surface area contributed by atoms with Gasteiger partial charge in [0, 0.05) is 29.8 Å². The Morgan fingerprint density at radius 1 is 1.56 bits per heavy atom. The Kier molecular flexibility index (Phi) is 4.18. The van der Waals surface area contributed by atoms with E-state index in [4.69, 9.17) is 0 Å². The van der Waals surface area contributed by atoms with E-state index in [1.807, 2.05) is 17.1 Å². The van der Waals surface area contributed by atoms with E-state index in [0.29, 0.717) is 5.54 Å². The zero-order valence-corrected chi connectivity index (χ0v) is 11.4. The maximum absolute atomic E-state index is 4.04. The zero-order chi connectivity index (χ0) is 11.4. The molecule has 0 radical (unpaired) electrons. The molecule has 0 aliphatic carbocycles. The first-order chi connectivity index (χ1) is 7.73. The van der Waals surface area contributed by atoms with Crippen LogP contribution in [0.5, 0.6) is 0 Å². The van der Waals surface area contributed by atoms with Crippen LogP contribution in [0.1, 0.15) is 12.1 Å². The van der Waals surface area contributed by atoms with Crippen LogP contribution in [-0.4, -0.2) is 52.2 Å². The van der Waals surface area contributed by atoms with Crippen LogP contribution in [0, 0.1) is 0 Å². The summed E-state index contributed by atoms with van der Waals surface area (Å²) in [5.74, 6) is 2.50. The van der Waals surface area contributed by atoms with Crippen molar-refractivity contribution in [2.45, 2.75) is 18.5 Å². The van der Waals surface area contributed by atoms with Crippen LogP contribution in [0.3, 0.4) is 0 Å². The van der Waals surface area contributed by atoms with E-state index >= 15 is 0 Å². The Labute approximate surface area is 105 Å². The van der Waals surface area contributed by atoms with Crippen molar-refractivity contribution in [3.63, 3.8) is 0 Å². The van der Waals surface area contributed by atoms with Crippen molar-refractivity contribution < 1.29 is 0 Å². The molecule has 1 unspecified atom stereocenters. The molecule has 1 saturated heterocycles. The molecule has 2 rings (SSSR count). The van der Waals surface area contributed by atoms with Crippen LogP contribution in [-0.2, 0) is 6.54 Å². The monoisotopic (exact) mass is 258 g/mol. The fourth-order valence-corrected chi connectivity index (χ4v) is 3.94. The molecular formula is C10H18N4S2. The average Bonchev–Trinajstić information content (AvgIpc) is 2.88. The van der Waals surface area contributed by atoms with Crippen LogP contribution >= 0.6 is 23.3 Å². The number of hydrogen-bond donors (Lipinski definition) is 1. The van der Waals surface area contributed by atoms with E-state index in [1.165, 1.54) is 29.5 Å². The molecular weight excluding hydrogens is 240 g/mol. The first kappa shape index (κ1) is 12.3. The topological polar surface area (TPSA) is 41.0 Å². The molecule has 90 valence electrons. The Morgan fingerprint density at radius 3 is 3.00 bits per heavy atom. The van der Waals surface area contributed by atoms with Crippen LogP contribution in [0.2, 0.25) is 0 Å². The summed E-state index contributed by atoms with van der Waals surface area (Å²) in [4.78, 5) is 2.36. The second-order valence-corrected chi connectivity index (χ2v) is 6.14. The molecule has 1 fully saturated rings. The molecule has 0 spiro atoms. The van der Waals surface area contributed by atoms with Crippen LogP contribution in [0.4, 0.5) is 0 Å². The van der Waals surface area contributed by atoms with Gasteiger partial charge in [-0.15, -0.1) is 5.10 Å². The lowest BCUT2D eigenvalue weighted by Gasteiger charge is -2.35. The maximum atomic E-state index is 4.04. The third-order valence-electron chi connectivity index (χ3n) is 3.20. The molecule has 6 heteroatoms. The second-order valence-electron chi connectivity index (χ2n) is 4.42. The van der Waals surface area contributed by atoms with Crippen molar-refractivity contribution in [1.29, 1.82) is 0 Å². The van der Waals surface area contributed by atoms with Gasteiger partial charge in [-0.05, 0) is 37.8 Å². The number of thioether (sulfide) groups is 1. The van der Waals surface area contributed by atoms with E-state index in [9.17, 15) is 0 Å². The van der Waals surface area contributed by atoms with Crippen LogP contribution in [0.15, 0.2) is 5.38 Å². The van der Waals surface area contributed by atoms with Crippen molar-refractivity contribution in [1.82, 2.24) is 19.8 Å². The molecule has 1 aliphatic rings. The number of hydrogen-bond acceptors (Lipinski definition) is 6. The summed E-state index contributed by atoms with van der Waals surface area (Å²) in [6.45, 7) is 1.86. The molecule has 0 saturated carbocycles. The average molecular weight is 258 g/mol. The number of aromatic nitrogens is 2. The van der Waals surface area contributed by atoms with Gasteiger partial charge < -0.3 is 10.2 Å². The molecule has 0 bridgehead atoms. The summed E-state index contributed by atoms with van der Waals surface area (Å²) in [5.41, 5.74) is 1.37. The van der Waals surface area contributed by atoms with E-state index < -0.39 is 0 Å². The highest BCUT2D eigenvalue weighted by Gasteiger charge is 2.35. The Hall–Kier alpha value is -0.170. The predicted octanol–water partition coefficient (Wildman–Crippen LogP) is 1.06. The molecule has 4 nitrogen and oxygen atoms in total. The van der Waals surface area contributed by atoms with E-state index in [2.05, 4.69) is 33.9 Å². The van der Waals surface area contributed by atoms with Gasteiger partial charge >= 0.3 is 0 Å². The van der Waals surface area contributed by atoms with Gasteiger partial charge in [0.1, 0.15) is 0 Å². The molecule has 1 atom stereocenters. The summed E-state index contributed by atoms with van der Waals surface area (Å²) in [7, 11) is 4.36. The third-order valence-corrected chi connectivity index (χ3v) is 4.98. The highest BCUT2D eigenvalue weighted by molar-refractivity contribution is 7.99. The molecule has 0 amide bonds. The van der Waals surface area contributed by atoms with Crippen LogP contribution in [0.25, 0.3) is 0 Å². The normalized spacial score (nSPS) is 25.4. The van der Waals surface area contributed by atoms with Crippen molar-refractivity contribution in [3.05, 3.63) is 11.1 Å². The number of likely N-dealkylation sites (N-methyl/N-ethyl adjacent to an activating group) is 1. The predicted molar refractivity (Wildman–Crippen MR) is 70.0 cm³/mol. The summed E-state index contributed by atoms with van der Waals surface area (Å²) in [5, 5.41) is 9.53. The van der Waals surface area contributed by atoms with Crippen molar-refractivity contribution in [3.8, 4) is 0 Å². The van der Waals surface area contributed by atoms with E-state index in [-0.39, 0.29) is 0 Å². The SMILES string of the molecule is CN(C)C1(CNCc2csnn2)CCSC1. The molecule has 1 aromatic heterocycles. The Morgan fingerprint density at radius 2 is 2.44 bits per heavy atom. The smallest absolute Gasteiger partial charge is 0.0893 e. The maximum Gasteiger partial charge on any atom is 0.0893 e. The van der Waals surface area contributed by atoms with Gasteiger partial charge in [-0.1, -0.05) is 4.49 Å². The highest BCUT2D eigenvalue weighted by atomic mass is 32.2. The van der Waals surface area contributed by atoms with Gasteiger partial charge in [0.05, 0.1) is 5.69 Å². The lowest BCUT2D eigenvalue weighted by molar-refractivity contribution is 0.175. The van der Waals surface area contributed by atoms with Gasteiger partial charge in [0.25, 0.3) is 0 Å². The summed E-state index contributed by atoms with van der Waals surface area (Å²) in [6, 6.07) is 0. The number of nitrogens with one attached hydrogen (secondary N) is 1. The van der Waals surface area contributed by atoms with Gasteiger partial charge in [-0.2, -0.15) is 11.8 Å². The summed E-state index contributed by atoms with van der Waals surface area (Å²) >= 11 is 3.46. The third kappa shape index (κ3) is 2.74. The molecule has 0 aromatic carbocycles. The van der Waals surface area contributed by atoms with Gasteiger partial charge in [-0.3, -0.25) is 0 Å². The van der Waals surface area contributed by atoms with Gasteiger partial charge in [0.2, 0.25) is 0 Å². The molecule has 1 aromatic rings. The quantitative estimate of drug-likeness (QED) is 0.855. The van der Waals surface area contributed by atoms with Crippen molar-refractivity contribution >= 4 is 23.3 Å².